The van der Waals surface area contributed by atoms with Gasteiger partial charge in [0.25, 0.3) is 0 Å². The molecule has 5 heteroatoms. The minimum Gasteiger partial charge on any atom is -0.491 e. The van der Waals surface area contributed by atoms with Crippen LogP contribution in [0.5, 0.6) is 5.75 Å². The van der Waals surface area contributed by atoms with Crippen molar-refractivity contribution in [3.63, 3.8) is 0 Å². The van der Waals surface area contributed by atoms with Crippen LogP contribution in [0.1, 0.15) is 18.4 Å². The largest absolute Gasteiger partial charge is 0.491 e. The van der Waals surface area contributed by atoms with E-state index in [4.69, 9.17) is 10.00 Å². The maximum absolute atomic E-state index is 12.9. The molecule has 4 rings (SSSR count). The smallest absolute Gasteiger partial charge is 0.232 e. The van der Waals surface area contributed by atoms with Crippen LogP contribution in [0.15, 0.2) is 85.6 Å². The van der Waals surface area contributed by atoms with Crippen LogP contribution >= 0.6 is 0 Å². The Labute approximate surface area is 182 Å². The molecule has 154 valence electrons. The van der Waals surface area contributed by atoms with E-state index in [0.717, 1.165) is 16.9 Å². The molecule has 0 bridgehead atoms. The molecule has 2 atom stereocenters. The SMILES string of the molecule is C=CC[C@@H]1C[C@@H](COc2ccc(-c3ccc(C#N)cc3)cc2)N(c2ccccn2)C1=O. The van der Waals surface area contributed by atoms with E-state index in [1.807, 2.05) is 66.7 Å². The first kappa shape index (κ1) is 20.4. The number of ether oxygens (including phenoxy) is 1. The summed E-state index contributed by atoms with van der Waals surface area (Å²) in [4.78, 5) is 19.1. The lowest BCUT2D eigenvalue weighted by molar-refractivity contribution is -0.120. The van der Waals surface area contributed by atoms with Crippen molar-refractivity contribution < 1.29 is 9.53 Å². The third-order valence-corrected chi connectivity index (χ3v) is 5.50. The summed E-state index contributed by atoms with van der Waals surface area (Å²) in [6.07, 6.45) is 4.86. The Kier molecular flexibility index (Phi) is 6.09. The summed E-state index contributed by atoms with van der Waals surface area (Å²) in [6.45, 7) is 4.18. The number of benzene rings is 2. The molecule has 1 saturated heterocycles. The number of aromatic nitrogens is 1. The number of anilines is 1. The molecule has 1 aromatic heterocycles. The number of allylic oxidation sites excluding steroid dienone is 1. The molecular weight excluding hydrogens is 386 g/mol. The lowest BCUT2D eigenvalue weighted by atomic mass is 10.0. The molecule has 0 radical (unpaired) electrons. The molecule has 0 unspecified atom stereocenters. The fourth-order valence-electron chi connectivity index (χ4n) is 3.92. The van der Waals surface area contributed by atoms with E-state index in [9.17, 15) is 4.79 Å². The molecule has 0 N–H and O–H groups in total. The van der Waals surface area contributed by atoms with Gasteiger partial charge in [0.2, 0.25) is 5.91 Å². The highest BCUT2D eigenvalue weighted by Gasteiger charge is 2.40. The first-order chi connectivity index (χ1) is 15.2. The summed E-state index contributed by atoms with van der Waals surface area (Å²) >= 11 is 0. The minimum absolute atomic E-state index is 0.0726. The molecule has 31 heavy (non-hydrogen) atoms. The summed E-state index contributed by atoms with van der Waals surface area (Å²) in [6, 6.07) is 23.0. The van der Waals surface area contributed by atoms with Gasteiger partial charge in [-0.05, 0) is 60.4 Å². The minimum atomic E-state index is -0.0909. The van der Waals surface area contributed by atoms with Crippen LogP contribution in [0, 0.1) is 17.2 Å². The molecule has 1 amide bonds. The second kappa shape index (κ2) is 9.27. The van der Waals surface area contributed by atoms with Crippen LogP contribution in [0.4, 0.5) is 5.82 Å². The van der Waals surface area contributed by atoms with E-state index < -0.39 is 0 Å². The first-order valence-electron chi connectivity index (χ1n) is 10.3. The Hall–Kier alpha value is -3.91. The number of nitriles is 1. The van der Waals surface area contributed by atoms with Gasteiger partial charge in [-0.2, -0.15) is 5.26 Å². The summed E-state index contributed by atoms with van der Waals surface area (Å²) in [7, 11) is 0. The number of rotatable bonds is 7. The van der Waals surface area contributed by atoms with Crippen molar-refractivity contribution in [1.29, 1.82) is 5.26 Å². The maximum Gasteiger partial charge on any atom is 0.232 e. The molecule has 1 aliphatic heterocycles. The predicted octanol–water partition coefficient (Wildman–Crippen LogP) is 5.00. The normalized spacial score (nSPS) is 17.9. The van der Waals surface area contributed by atoms with Gasteiger partial charge in [-0.25, -0.2) is 4.98 Å². The number of hydrogen-bond acceptors (Lipinski definition) is 4. The standard InChI is InChI=1S/C26H23N3O2/c1-2-5-22-16-23(29(26(22)30)25-6-3-4-15-28-25)18-31-24-13-11-21(12-14-24)20-9-7-19(17-27)8-10-20/h2-4,6-15,22-23H,1,5,16,18H2/t22-,23+/m1/s1. The highest BCUT2D eigenvalue weighted by Crippen LogP contribution is 2.32. The van der Waals surface area contributed by atoms with E-state index in [0.29, 0.717) is 30.8 Å². The van der Waals surface area contributed by atoms with Crippen LogP contribution in [0.3, 0.4) is 0 Å². The van der Waals surface area contributed by atoms with Gasteiger partial charge in [-0.15, -0.1) is 6.58 Å². The molecule has 1 fully saturated rings. The number of hydrogen-bond donors (Lipinski definition) is 0. The zero-order chi connectivity index (χ0) is 21.6. The number of carbonyl (C=O) groups is 1. The van der Waals surface area contributed by atoms with Crippen molar-refractivity contribution in [3.05, 3.63) is 91.1 Å². The van der Waals surface area contributed by atoms with E-state index >= 15 is 0 Å². The van der Waals surface area contributed by atoms with Crippen LogP contribution in [-0.2, 0) is 4.79 Å². The van der Waals surface area contributed by atoms with Gasteiger partial charge >= 0.3 is 0 Å². The van der Waals surface area contributed by atoms with Crippen molar-refractivity contribution in [2.24, 2.45) is 5.92 Å². The van der Waals surface area contributed by atoms with Crippen LogP contribution in [-0.4, -0.2) is 23.5 Å². The fourth-order valence-corrected chi connectivity index (χ4v) is 3.92. The van der Waals surface area contributed by atoms with E-state index in [-0.39, 0.29) is 17.9 Å². The van der Waals surface area contributed by atoms with E-state index in [1.54, 1.807) is 17.2 Å². The zero-order valence-corrected chi connectivity index (χ0v) is 17.1. The molecule has 2 aromatic carbocycles. The highest BCUT2D eigenvalue weighted by atomic mass is 16.5. The highest BCUT2D eigenvalue weighted by molar-refractivity contribution is 5.97. The maximum atomic E-state index is 12.9. The van der Waals surface area contributed by atoms with Crippen molar-refractivity contribution in [3.8, 4) is 22.9 Å². The summed E-state index contributed by atoms with van der Waals surface area (Å²) in [5, 5.41) is 8.94. The quantitative estimate of drug-likeness (QED) is 0.515. The Bertz CT molecular complexity index is 1090. The van der Waals surface area contributed by atoms with Crippen molar-refractivity contribution in [1.82, 2.24) is 4.98 Å². The zero-order valence-electron chi connectivity index (χ0n) is 17.1. The molecule has 0 saturated carbocycles. The number of pyridine rings is 1. The predicted molar refractivity (Wildman–Crippen MR) is 121 cm³/mol. The second-order valence-electron chi connectivity index (χ2n) is 7.53. The molecule has 0 spiro atoms. The van der Waals surface area contributed by atoms with Crippen LogP contribution in [0.25, 0.3) is 11.1 Å². The molecule has 5 nitrogen and oxygen atoms in total. The first-order valence-corrected chi connectivity index (χ1v) is 10.3. The van der Waals surface area contributed by atoms with Crippen molar-refractivity contribution >= 4 is 11.7 Å². The van der Waals surface area contributed by atoms with Gasteiger partial charge in [0.05, 0.1) is 17.7 Å². The van der Waals surface area contributed by atoms with Gasteiger partial charge < -0.3 is 4.74 Å². The third-order valence-electron chi connectivity index (χ3n) is 5.50. The molecule has 0 aliphatic carbocycles. The van der Waals surface area contributed by atoms with Gasteiger partial charge in [-0.1, -0.05) is 36.4 Å². The lowest BCUT2D eigenvalue weighted by Gasteiger charge is -2.24. The Morgan fingerprint density at radius 2 is 1.81 bits per heavy atom. The summed E-state index contributed by atoms with van der Waals surface area (Å²) in [5.41, 5.74) is 2.73. The molecule has 2 heterocycles. The number of nitrogens with zero attached hydrogens (tertiary/aromatic N) is 3. The topological polar surface area (TPSA) is 66.2 Å². The van der Waals surface area contributed by atoms with E-state index in [2.05, 4.69) is 17.6 Å². The lowest BCUT2D eigenvalue weighted by Crippen LogP contribution is -2.38. The van der Waals surface area contributed by atoms with Gasteiger partial charge in [0.1, 0.15) is 18.2 Å². The second-order valence-corrected chi connectivity index (χ2v) is 7.53. The van der Waals surface area contributed by atoms with Gasteiger partial charge in [-0.3, -0.25) is 9.69 Å². The van der Waals surface area contributed by atoms with Crippen LogP contribution in [0.2, 0.25) is 0 Å². The van der Waals surface area contributed by atoms with E-state index in [1.165, 1.54) is 0 Å². The number of amides is 1. The molecular formula is C26H23N3O2. The molecule has 3 aromatic rings. The summed E-state index contributed by atoms with van der Waals surface area (Å²) in [5.74, 6) is 1.39. The van der Waals surface area contributed by atoms with Crippen LogP contribution < -0.4 is 9.64 Å². The number of carbonyl (C=O) groups excluding carboxylic acids is 1. The monoisotopic (exact) mass is 409 g/mol. The van der Waals surface area contributed by atoms with Crippen molar-refractivity contribution in [2.45, 2.75) is 18.9 Å². The molecule has 1 aliphatic rings. The Morgan fingerprint density at radius 1 is 1.10 bits per heavy atom. The van der Waals surface area contributed by atoms with Gasteiger partial charge in [0.15, 0.2) is 0 Å². The Balaban J connectivity index is 1.46. The summed E-state index contributed by atoms with van der Waals surface area (Å²) < 4.78 is 6.05. The average Bonchev–Trinajstić information content (AvgIpc) is 3.14. The third kappa shape index (κ3) is 4.49. The van der Waals surface area contributed by atoms with Gasteiger partial charge in [0, 0.05) is 12.1 Å². The fraction of sp³-hybridized carbons (Fsp3) is 0.192. The Morgan fingerprint density at radius 3 is 2.42 bits per heavy atom. The van der Waals surface area contributed by atoms with Crippen molar-refractivity contribution in [2.75, 3.05) is 11.5 Å². The average molecular weight is 409 g/mol.